The van der Waals surface area contributed by atoms with Gasteiger partial charge in [0, 0.05) is 38.4 Å². The molecule has 1 saturated heterocycles. The van der Waals surface area contributed by atoms with Crippen molar-refractivity contribution < 1.29 is 4.74 Å². The summed E-state index contributed by atoms with van der Waals surface area (Å²) in [6.07, 6.45) is 3.07. The fraction of sp³-hybridized carbons (Fsp3) is 0.714. The minimum Gasteiger partial charge on any atom is -0.381 e. The summed E-state index contributed by atoms with van der Waals surface area (Å²) in [6.45, 7) is 6.17. The van der Waals surface area contributed by atoms with Gasteiger partial charge in [-0.25, -0.2) is 9.97 Å². The van der Waals surface area contributed by atoms with Gasteiger partial charge in [0.15, 0.2) is 0 Å². The number of aromatic nitrogens is 2. The smallest absolute Gasteiger partial charge is 0.131 e. The number of nitrogens with zero attached hydrogens (tertiary/aromatic N) is 2. The highest BCUT2D eigenvalue weighted by Crippen LogP contribution is 2.18. The lowest BCUT2D eigenvalue weighted by atomic mass is 10.0. The van der Waals surface area contributed by atoms with Crippen molar-refractivity contribution in [3.05, 3.63) is 17.6 Å². The fourth-order valence-corrected chi connectivity index (χ4v) is 2.30. The summed E-state index contributed by atoms with van der Waals surface area (Å²) in [5.41, 5.74) is 1.14. The Morgan fingerprint density at radius 1 is 1.44 bits per heavy atom. The summed E-state index contributed by atoms with van der Waals surface area (Å²) in [6, 6.07) is 2.05. The summed E-state index contributed by atoms with van der Waals surface area (Å²) < 4.78 is 5.41. The average Bonchev–Trinajstić information content (AvgIpc) is 2.80. The first-order valence-corrected chi connectivity index (χ1v) is 6.79. The first kappa shape index (κ1) is 13.3. The van der Waals surface area contributed by atoms with E-state index in [9.17, 15) is 0 Å². The molecule has 1 unspecified atom stereocenters. The topological polar surface area (TPSA) is 47.0 Å². The molecule has 0 aliphatic carbocycles. The minimum absolute atomic E-state index is 0.587. The summed E-state index contributed by atoms with van der Waals surface area (Å²) in [5, 5.41) is 3.12. The molecule has 0 bridgehead atoms. The molecule has 0 saturated carbocycles. The first-order chi connectivity index (χ1) is 8.67. The molecule has 2 rings (SSSR count). The van der Waals surface area contributed by atoms with Crippen LogP contribution in [0.2, 0.25) is 0 Å². The Balaban J connectivity index is 2.11. The van der Waals surface area contributed by atoms with E-state index in [1.807, 2.05) is 7.05 Å². The van der Waals surface area contributed by atoms with Crippen LogP contribution in [0.3, 0.4) is 0 Å². The van der Waals surface area contributed by atoms with Crippen LogP contribution in [0.25, 0.3) is 0 Å². The Morgan fingerprint density at radius 2 is 2.28 bits per heavy atom. The van der Waals surface area contributed by atoms with Gasteiger partial charge in [-0.05, 0) is 24.7 Å². The number of nitrogens with one attached hydrogen (secondary N) is 1. The van der Waals surface area contributed by atoms with E-state index >= 15 is 0 Å². The van der Waals surface area contributed by atoms with Crippen molar-refractivity contribution in [2.45, 2.75) is 33.1 Å². The maximum atomic E-state index is 5.41. The quantitative estimate of drug-likeness (QED) is 0.870. The Bertz CT molecular complexity index is 387. The predicted octanol–water partition coefficient (Wildman–Crippen LogP) is 2.30. The second kappa shape index (κ2) is 6.14. The van der Waals surface area contributed by atoms with Gasteiger partial charge in [-0.3, -0.25) is 0 Å². The van der Waals surface area contributed by atoms with Crippen molar-refractivity contribution in [3.63, 3.8) is 0 Å². The van der Waals surface area contributed by atoms with Gasteiger partial charge in [-0.2, -0.15) is 0 Å². The van der Waals surface area contributed by atoms with E-state index < -0.39 is 0 Å². The zero-order valence-electron chi connectivity index (χ0n) is 11.6. The molecule has 0 aromatic carbocycles. The molecule has 4 heteroatoms. The summed E-state index contributed by atoms with van der Waals surface area (Å²) in [7, 11) is 1.91. The standard InChI is InChI=1S/C14H23N3O/c1-10(2)6-12-8-13(15-3)17-14(16-12)7-11-4-5-18-9-11/h8,10-11H,4-7,9H2,1-3H3,(H,15,16,17). The zero-order chi connectivity index (χ0) is 13.0. The van der Waals surface area contributed by atoms with Crippen LogP contribution < -0.4 is 5.32 Å². The monoisotopic (exact) mass is 249 g/mol. The molecule has 1 N–H and O–H groups in total. The van der Waals surface area contributed by atoms with E-state index in [1.54, 1.807) is 0 Å². The highest BCUT2D eigenvalue weighted by molar-refractivity contribution is 5.35. The molecule has 0 radical (unpaired) electrons. The zero-order valence-corrected chi connectivity index (χ0v) is 11.6. The summed E-state index contributed by atoms with van der Waals surface area (Å²) in [5.74, 6) is 3.08. The molecule has 100 valence electrons. The molecule has 1 fully saturated rings. The molecule has 1 aromatic heterocycles. The molecule has 1 aliphatic heterocycles. The van der Waals surface area contributed by atoms with Crippen LogP contribution in [0.15, 0.2) is 6.07 Å². The SMILES string of the molecule is CNc1cc(CC(C)C)nc(CC2CCOC2)n1. The van der Waals surface area contributed by atoms with Crippen molar-refractivity contribution >= 4 is 5.82 Å². The van der Waals surface area contributed by atoms with Crippen molar-refractivity contribution in [2.75, 3.05) is 25.6 Å². The third kappa shape index (κ3) is 3.67. The molecule has 2 heterocycles. The number of anilines is 1. The van der Waals surface area contributed by atoms with Crippen LogP contribution in [0.1, 0.15) is 31.8 Å². The van der Waals surface area contributed by atoms with E-state index in [-0.39, 0.29) is 0 Å². The van der Waals surface area contributed by atoms with Crippen molar-refractivity contribution in [3.8, 4) is 0 Å². The number of hydrogen-bond donors (Lipinski definition) is 1. The number of rotatable bonds is 5. The van der Waals surface area contributed by atoms with Crippen LogP contribution >= 0.6 is 0 Å². The Kier molecular flexibility index (Phi) is 4.53. The molecule has 0 spiro atoms. The van der Waals surface area contributed by atoms with E-state index in [4.69, 9.17) is 4.74 Å². The highest BCUT2D eigenvalue weighted by Gasteiger charge is 2.18. The van der Waals surface area contributed by atoms with Crippen LogP contribution in [0, 0.1) is 11.8 Å². The maximum absolute atomic E-state index is 5.41. The average molecular weight is 249 g/mol. The predicted molar refractivity (Wildman–Crippen MR) is 72.8 cm³/mol. The van der Waals surface area contributed by atoms with E-state index in [0.29, 0.717) is 11.8 Å². The Hall–Kier alpha value is -1.16. The molecule has 1 aromatic rings. The van der Waals surface area contributed by atoms with E-state index in [2.05, 4.69) is 35.2 Å². The summed E-state index contributed by atoms with van der Waals surface area (Å²) >= 11 is 0. The van der Waals surface area contributed by atoms with Crippen molar-refractivity contribution in [1.82, 2.24) is 9.97 Å². The lowest BCUT2D eigenvalue weighted by molar-refractivity contribution is 0.185. The van der Waals surface area contributed by atoms with Gasteiger partial charge in [0.05, 0.1) is 0 Å². The second-order valence-electron chi connectivity index (χ2n) is 5.44. The lowest BCUT2D eigenvalue weighted by Crippen LogP contribution is -2.11. The highest BCUT2D eigenvalue weighted by atomic mass is 16.5. The number of ether oxygens (including phenoxy) is 1. The molecule has 4 nitrogen and oxygen atoms in total. The van der Waals surface area contributed by atoms with Gasteiger partial charge in [0.1, 0.15) is 11.6 Å². The molecule has 1 aliphatic rings. The first-order valence-electron chi connectivity index (χ1n) is 6.79. The van der Waals surface area contributed by atoms with Crippen molar-refractivity contribution in [2.24, 2.45) is 11.8 Å². The molecule has 1 atom stereocenters. The second-order valence-corrected chi connectivity index (χ2v) is 5.44. The van der Waals surface area contributed by atoms with Gasteiger partial charge in [0.25, 0.3) is 0 Å². The van der Waals surface area contributed by atoms with Gasteiger partial charge in [0.2, 0.25) is 0 Å². The van der Waals surface area contributed by atoms with Crippen LogP contribution in [-0.4, -0.2) is 30.2 Å². The van der Waals surface area contributed by atoms with Crippen LogP contribution in [0.4, 0.5) is 5.82 Å². The van der Waals surface area contributed by atoms with Crippen molar-refractivity contribution in [1.29, 1.82) is 0 Å². The maximum Gasteiger partial charge on any atom is 0.131 e. The molecule has 0 amide bonds. The third-order valence-corrected chi connectivity index (χ3v) is 3.19. The van der Waals surface area contributed by atoms with Gasteiger partial charge in [-0.1, -0.05) is 13.8 Å². The van der Waals surface area contributed by atoms with E-state index in [1.165, 1.54) is 0 Å². The van der Waals surface area contributed by atoms with Crippen LogP contribution in [0.5, 0.6) is 0 Å². The molecular weight excluding hydrogens is 226 g/mol. The lowest BCUT2D eigenvalue weighted by Gasteiger charge is -2.11. The van der Waals surface area contributed by atoms with E-state index in [0.717, 1.165) is 49.8 Å². The minimum atomic E-state index is 0.587. The Morgan fingerprint density at radius 3 is 2.89 bits per heavy atom. The fourth-order valence-electron chi connectivity index (χ4n) is 2.30. The third-order valence-electron chi connectivity index (χ3n) is 3.19. The molecular formula is C14H23N3O. The number of hydrogen-bond acceptors (Lipinski definition) is 4. The van der Waals surface area contributed by atoms with Crippen LogP contribution in [-0.2, 0) is 17.6 Å². The Labute approximate surface area is 109 Å². The van der Waals surface area contributed by atoms with Gasteiger partial charge >= 0.3 is 0 Å². The molecule has 18 heavy (non-hydrogen) atoms. The normalized spacial score (nSPS) is 19.4. The summed E-state index contributed by atoms with van der Waals surface area (Å²) in [4.78, 5) is 9.22. The largest absolute Gasteiger partial charge is 0.381 e. The van der Waals surface area contributed by atoms with Gasteiger partial charge in [-0.15, -0.1) is 0 Å². The van der Waals surface area contributed by atoms with Gasteiger partial charge < -0.3 is 10.1 Å².